The topological polar surface area (TPSA) is 64.1 Å². The molecule has 1 aliphatic rings. The number of nitrogens with zero attached hydrogens (tertiary/aromatic N) is 1. The molecule has 1 saturated carbocycles. The molecule has 2 N–H and O–H groups in total. The summed E-state index contributed by atoms with van der Waals surface area (Å²) in [5, 5.41) is 6.88. The van der Waals surface area contributed by atoms with E-state index in [9.17, 15) is 0 Å². The first kappa shape index (κ1) is 20.4. The van der Waals surface area contributed by atoms with Gasteiger partial charge in [-0.15, -0.1) is 0 Å². The lowest BCUT2D eigenvalue weighted by Crippen LogP contribution is -2.47. The van der Waals surface area contributed by atoms with Gasteiger partial charge in [0.2, 0.25) is 0 Å². The molecule has 6 heteroatoms. The van der Waals surface area contributed by atoms with E-state index >= 15 is 0 Å². The summed E-state index contributed by atoms with van der Waals surface area (Å²) in [5.74, 6) is 2.37. The SMILES string of the molecule is CN=C(NCCc1ccc(OC)c(OC)c1)NCC1(CCOC)CCC1. The van der Waals surface area contributed by atoms with Crippen molar-refractivity contribution >= 4 is 5.96 Å². The zero-order valence-corrected chi connectivity index (χ0v) is 16.6. The van der Waals surface area contributed by atoms with Gasteiger partial charge in [0.15, 0.2) is 17.5 Å². The van der Waals surface area contributed by atoms with Crippen molar-refractivity contribution in [3.63, 3.8) is 0 Å². The van der Waals surface area contributed by atoms with Gasteiger partial charge in [0.25, 0.3) is 0 Å². The highest BCUT2D eigenvalue weighted by Gasteiger charge is 2.36. The number of rotatable bonds is 10. The van der Waals surface area contributed by atoms with E-state index in [1.54, 1.807) is 21.3 Å². The molecule has 6 nitrogen and oxygen atoms in total. The van der Waals surface area contributed by atoms with Crippen molar-refractivity contribution < 1.29 is 14.2 Å². The van der Waals surface area contributed by atoms with Crippen LogP contribution < -0.4 is 20.1 Å². The predicted molar refractivity (Wildman–Crippen MR) is 105 cm³/mol. The van der Waals surface area contributed by atoms with Gasteiger partial charge in [0, 0.05) is 33.9 Å². The van der Waals surface area contributed by atoms with Crippen molar-refractivity contribution in [3.8, 4) is 11.5 Å². The molecule has 1 aromatic rings. The Kier molecular flexibility index (Phi) is 8.04. The average molecular weight is 364 g/mol. The summed E-state index contributed by atoms with van der Waals surface area (Å²) in [7, 11) is 6.89. The second-order valence-electron chi connectivity index (χ2n) is 6.89. The quantitative estimate of drug-likeness (QED) is 0.494. The number of aliphatic imine (C=N–C) groups is 1. The van der Waals surface area contributed by atoms with Gasteiger partial charge >= 0.3 is 0 Å². The van der Waals surface area contributed by atoms with Crippen LogP contribution in [0.15, 0.2) is 23.2 Å². The van der Waals surface area contributed by atoms with Gasteiger partial charge in [-0.3, -0.25) is 4.99 Å². The second kappa shape index (κ2) is 10.3. The Balaban J connectivity index is 1.78. The van der Waals surface area contributed by atoms with E-state index in [0.29, 0.717) is 5.41 Å². The van der Waals surface area contributed by atoms with Crippen molar-refractivity contribution in [2.75, 3.05) is 48.1 Å². The van der Waals surface area contributed by atoms with E-state index in [2.05, 4.69) is 21.7 Å². The summed E-state index contributed by atoms with van der Waals surface area (Å²) in [6.45, 7) is 2.58. The van der Waals surface area contributed by atoms with Crippen LogP contribution in [0.2, 0.25) is 0 Å². The Morgan fingerprint density at radius 1 is 1.12 bits per heavy atom. The van der Waals surface area contributed by atoms with E-state index in [0.717, 1.165) is 50.0 Å². The smallest absolute Gasteiger partial charge is 0.191 e. The van der Waals surface area contributed by atoms with Crippen LogP contribution >= 0.6 is 0 Å². The van der Waals surface area contributed by atoms with Crippen LogP contribution in [-0.2, 0) is 11.2 Å². The third kappa shape index (κ3) is 5.53. The number of hydrogen-bond acceptors (Lipinski definition) is 4. The fourth-order valence-corrected chi connectivity index (χ4v) is 3.36. The molecular weight excluding hydrogens is 330 g/mol. The zero-order valence-electron chi connectivity index (χ0n) is 16.6. The van der Waals surface area contributed by atoms with Gasteiger partial charge in [-0.25, -0.2) is 0 Å². The molecule has 0 aliphatic heterocycles. The third-order valence-corrected chi connectivity index (χ3v) is 5.26. The first-order chi connectivity index (χ1) is 12.7. The number of hydrogen-bond donors (Lipinski definition) is 2. The number of ether oxygens (including phenoxy) is 3. The van der Waals surface area contributed by atoms with Gasteiger partial charge in [-0.1, -0.05) is 12.5 Å². The van der Waals surface area contributed by atoms with Gasteiger partial charge in [0.05, 0.1) is 14.2 Å². The minimum absolute atomic E-state index is 0.372. The zero-order chi connectivity index (χ0) is 18.8. The molecular formula is C20H33N3O3. The monoisotopic (exact) mass is 363 g/mol. The van der Waals surface area contributed by atoms with Crippen LogP contribution in [0.5, 0.6) is 11.5 Å². The minimum Gasteiger partial charge on any atom is -0.493 e. The van der Waals surface area contributed by atoms with E-state index in [4.69, 9.17) is 14.2 Å². The summed E-state index contributed by atoms with van der Waals surface area (Å²) in [6, 6.07) is 6.02. The van der Waals surface area contributed by atoms with Crippen LogP contribution in [0.1, 0.15) is 31.2 Å². The Hall–Kier alpha value is -1.95. The Labute approximate surface area is 157 Å². The Morgan fingerprint density at radius 2 is 1.88 bits per heavy atom. The molecule has 146 valence electrons. The second-order valence-corrected chi connectivity index (χ2v) is 6.89. The van der Waals surface area contributed by atoms with Crippen molar-refractivity contribution in [2.45, 2.75) is 32.1 Å². The van der Waals surface area contributed by atoms with Crippen LogP contribution in [-0.4, -0.2) is 54.0 Å². The predicted octanol–water partition coefficient (Wildman–Crippen LogP) is 2.62. The standard InChI is InChI=1S/C20H33N3O3/c1-21-19(23-15-20(9-5-10-20)11-13-24-2)22-12-8-16-6-7-17(25-3)18(14-16)26-4/h6-7,14H,5,8-13,15H2,1-4H3,(H2,21,22,23). The largest absolute Gasteiger partial charge is 0.493 e. The summed E-state index contributed by atoms with van der Waals surface area (Å²) < 4.78 is 15.9. The third-order valence-electron chi connectivity index (χ3n) is 5.26. The molecule has 0 amide bonds. The van der Waals surface area contributed by atoms with Gasteiger partial charge in [0.1, 0.15) is 0 Å². The van der Waals surface area contributed by atoms with Crippen LogP contribution in [0.25, 0.3) is 0 Å². The van der Waals surface area contributed by atoms with E-state index in [1.165, 1.54) is 24.8 Å². The molecule has 0 unspecified atom stereocenters. The maximum absolute atomic E-state index is 5.36. The van der Waals surface area contributed by atoms with Crippen LogP contribution in [0.3, 0.4) is 0 Å². The maximum atomic E-state index is 5.36. The van der Waals surface area contributed by atoms with Crippen molar-refractivity contribution in [1.29, 1.82) is 0 Å². The molecule has 0 saturated heterocycles. The molecule has 0 bridgehead atoms. The van der Waals surface area contributed by atoms with Crippen LogP contribution in [0.4, 0.5) is 0 Å². The van der Waals surface area contributed by atoms with E-state index in [-0.39, 0.29) is 0 Å². The van der Waals surface area contributed by atoms with Crippen molar-refractivity contribution in [3.05, 3.63) is 23.8 Å². The molecule has 2 rings (SSSR count). The Bertz CT molecular complexity index is 586. The molecule has 0 atom stereocenters. The lowest BCUT2D eigenvalue weighted by molar-refractivity contribution is 0.0732. The fraction of sp³-hybridized carbons (Fsp3) is 0.650. The molecule has 0 heterocycles. The number of guanidine groups is 1. The highest BCUT2D eigenvalue weighted by atomic mass is 16.5. The number of methoxy groups -OCH3 is 3. The summed E-state index contributed by atoms with van der Waals surface area (Å²) in [4.78, 5) is 4.34. The minimum atomic E-state index is 0.372. The molecule has 0 radical (unpaired) electrons. The number of nitrogens with one attached hydrogen (secondary N) is 2. The first-order valence-electron chi connectivity index (χ1n) is 9.31. The molecule has 1 aromatic carbocycles. The van der Waals surface area contributed by atoms with Gasteiger partial charge < -0.3 is 24.8 Å². The Morgan fingerprint density at radius 3 is 2.46 bits per heavy atom. The molecule has 1 fully saturated rings. The van der Waals surface area contributed by atoms with E-state index < -0.39 is 0 Å². The maximum Gasteiger partial charge on any atom is 0.191 e. The summed E-state index contributed by atoms with van der Waals surface area (Å²) in [5.41, 5.74) is 1.57. The van der Waals surface area contributed by atoms with Crippen molar-refractivity contribution in [1.82, 2.24) is 10.6 Å². The van der Waals surface area contributed by atoms with Gasteiger partial charge in [-0.2, -0.15) is 0 Å². The summed E-state index contributed by atoms with van der Waals surface area (Å²) >= 11 is 0. The fourth-order valence-electron chi connectivity index (χ4n) is 3.36. The lowest BCUT2D eigenvalue weighted by Gasteiger charge is -2.42. The first-order valence-corrected chi connectivity index (χ1v) is 9.31. The molecule has 1 aliphatic carbocycles. The number of benzene rings is 1. The summed E-state index contributed by atoms with van der Waals surface area (Å²) in [6.07, 6.45) is 5.85. The lowest BCUT2D eigenvalue weighted by atomic mass is 9.67. The van der Waals surface area contributed by atoms with E-state index in [1.807, 2.05) is 19.2 Å². The van der Waals surface area contributed by atoms with Crippen LogP contribution in [0, 0.1) is 5.41 Å². The average Bonchev–Trinajstić information content (AvgIpc) is 2.65. The molecule has 26 heavy (non-hydrogen) atoms. The normalized spacial score (nSPS) is 15.9. The van der Waals surface area contributed by atoms with Gasteiger partial charge in [-0.05, 0) is 48.8 Å². The highest BCUT2D eigenvalue weighted by molar-refractivity contribution is 5.79. The molecule has 0 spiro atoms. The van der Waals surface area contributed by atoms with Crippen molar-refractivity contribution in [2.24, 2.45) is 10.4 Å². The molecule has 0 aromatic heterocycles. The highest BCUT2D eigenvalue weighted by Crippen LogP contribution is 2.43.